The molecule has 0 aliphatic carbocycles. The molecular formula is C19H21N7O2. The number of nitrogens with two attached hydrogens (primary N) is 1. The Morgan fingerprint density at radius 3 is 3.00 bits per heavy atom. The predicted octanol–water partition coefficient (Wildman–Crippen LogP) is 2.65. The summed E-state index contributed by atoms with van der Waals surface area (Å²) >= 11 is 0. The number of nitrogens with zero attached hydrogens (tertiary/aromatic N) is 5. The topological polar surface area (TPSA) is 104 Å². The van der Waals surface area contributed by atoms with Gasteiger partial charge < -0.3 is 15.0 Å². The molecule has 1 atom stereocenters. The van der Waals surface area contributed by atoms with Gasteiger partial charge in [-0.3, -0.25) is 14.8 Å². The first-order chi connectivity index (χ1) is 13.5. The van der Waals surface area contributed by atoms with Gasteiger partial charge in [-0.25, -0.2) is 9.83 Å². The Bertz CT molecular complexity index is 1110. The van der Waals surface area contributed by atoms with Crippen molar-refractivity contribution < 1.29 is 9.53 Å². The molecule has 0 unspecified atom stereocenters. The fourth-order valence-corrected chi connectivity index (χ4v) is 3.60. The molecule has 3 aromatic rings. The van der Waals surface area contributed by atoms with Crippen molar-refractivity contribution in [3.63, 3.8) is 0 Å². The van der Waals surface area contributed by atoms with Crippen molar-refractivity contribution in [1.29, 1.82) is 0 Å². The Morgan fingerprint density at radius 1 is 1.46 bits per heavy atom. The summed E-state index contributed by atoms with van der Waals surface area (Å²) in [5, 5.41) is 7.25. The van der Waals surface area contributed by atoms with Crippen LogP contribution < -0.4 is 15.8 Å². The highest BCUT2D eigenvalue weighted by atomic mass is 16.5. The summed E-state index contributed by atoms with van der Waals surface area (Å²) < 4.78 is 9.48. The van der Waals surface area contributed by atoms with E-state index >= 15 is 0 Å². The van der Waals surface area contributed by atoms with Gasteiger partial charge in [0.2, 0.25) is 5.95 Å². The summed E-state index contributed by atoms with van der Waals surface area (Å²) in [7, 11) is 0. The van der Waals surface area contributed by atoms with Gasteiger partial charge in [0.05, 0.1) is 23.8 Å². The third kappa shape index (κ3) is 2.88. The maximum Gasteiger partial charge on any atom is 0.276 e. The van der Waals surface area contributed by atoms with Crippen LogP contribution in [0.5, 0.6) is 5.75 Å². The van der Waals surface area contributed by atoms with Crippen molar-refractivity contribution >= 4 is 28.6 Å². The quantitative estimate of drug-likeness (QED) is 0.663. The van der Waals surface area contributed by atoms with Crippen molar-refractivity contribution in [1.82, 2.24) is 19.3 Å². The van der Waals surface area contributed by atoms with Gasteiger partial charge in [-0.15, -0.1) is 0 Å². The van der Waals surface area contributed by atoms with Crippen molar-refractivity contribution in [2.45, 2.75) is 32.9 Å². The molecule has 28 heavy (non-hydrogen) atoms. The van der Waals surface area contributed by atoms with Crippen LogP contribution in [-0.2, 0) is 6.54 Å². The molecule has 1 aliphatic heterocycles. The molecular weight excluding hydrogens is 358 g/mol. The van der Waals surface area contributed by atoms with Crippen LogP contribution in [-0.4, -0.2) is 38.4 Å². The van der Waals surface area contributed by atoms with E-state index in [2.05, 4.69) is 20.2 Å². The number of benzene rings is 1. The number of rotatable bonds is 5. The van der Waals surface area contributed by atoms with Gasteiger partial charge in [-0.2, -0.15) is 5.10 Å². The first-order valence-electron chi connectivity index (χ1n) is 9.17. The highest BCUT2D eigenvalue weighted by molar-refractivity contribution is 6.03. The molecule has 9 nitrogen and oxygen atoms in total. The minimum Gasteiger partial charge on any atom is -0.490 e. The maximum atomic E-state index is 12.9. The number of aryl methyl sites for hydroxylation is 2. The average Bonchev–Trinajstić information content (AvgIpc) is 3.25. The van der Waals surface area contributed by atoms with Crippen molar-refractivity contribution in [2.75, 3.05) is 18.5 Å². The van der Waals surface area contributed by atoms with Crippen LogP contribution in [0.25, 0.3) is 15.9 Å². The summed E-state index contributed by atoms with van der Waals surface area (Å²) in [5.74, 6) is 0.741. The number of hydrogen-bond acceptors (Lipinski definition) is 5. The Hall–Kier alpha value is -3.38. The standard InChI is InChI=1S/C19H21N7O2/c1-4-25-15(7-11(2)24-25)18(27)23-19-22-14-8-12(21-3)9-16-17(14)26(19)13(5-6-20)10-28-16/h7-9,13H,4-6,10,20H2,1-2H3,(H,22,23,27)/t13-/m0/s1. The number of amides is 1. The molecule has 1 aliphatic rings. The molecule has 0 saturated carbocycles. The normalized spacial score (nSPS) is 15.3. The van der Waals surface area contributed by atoms with Crippen LogP contribution >= 0.6 is 0 Å². The highest BCUT2D eigenvalue weighted by Gasteiger charge is 2.28. The van der Waals surface area contributed by atoms with E-state index in [1.165, 1.54) is 0 Å². The van der Waals surface area contributed by atoms with Crippen LogP contribution in [0.2, 0.25) is 0 Å². The summed E-state index contributed by atoms with van der Waals surface area (Å²) in [4.78, 5) is 21.0. The van der Waals surface area contributed by atoms with Crippen LogP contribution in [0.3, 0.4) is 0 Å². The van der Waals surface area contributed by atoms with E-state index in [1.54, 1.807) is 22.9 Å². The summed E-state index contributed by atoms with van der Waals surface area (Å²) in [6.07, 6.45) is 0.685. The molecule has 9 heteroatoms. The summed E-state index contributed by atoms with van der Waals surface area (Å²) in [5.41, 5.74) is 8.86. The Kier molecular flexibility index (Phi) is 4.49. The van der Waals surface area contributed by atoms with E-state index in [1.807, 2.05) is 18.4 Å². The number of carbonyl (C=O) groups excluding carboxylic acids is 1. The number of nitrogens with one attached hydrogen (secondary N) is 1. The monoisotopic (exact) mass is 379 g/mol. The number of carbonyl (C=O) groups is 1. The van der Waals surface area contributed by atoms with Crippen molar-refractivity contribution in [3.05, 3.63) is 41.0 Å². The Balaban J connectivity index is 1.81. The lowest BCUT2D eigenvalue weighted by atomic mass is 10.1. The highest BCUT2D eigenvalue weighted by Crippen LogP contribution is 2.39. The molecule has 1 aromatic carbocycles. The van der Waals surface area contributed by atoms with Crippen LogP contribution in [0.4, 0.5) is 11.6 Å². The second-order valence-electron chi connectivity index (χ2n) is 6.71. The van der Waals surface area contributed by atoms with Gasteiger partial charge in [0, 0.05) is 6.54 Å². The first kappa shape index (κ1) is 18.0. The second-order valence-corrected chi connectivity index (χ2v) is 6.71. The molecule has 3 N–H and O–H groups in total. The second kappa shape index (κ2) is 6.98. The SMILES string of the molecule is [C-]#[N+]c1cc2c3c(c1)nc(NC(=O)c1cc(C)nn1CC)n3[C@@H](CCN)CO2. The van der Waals surface area contributed by atoms with Gasteiger partial charge in [0.1, 0.15) is 23.6 Å². The van der Waals surface area contributed by atoms with Crippen LogP contribution in [0, 0.1) is 13.5 Å². The molecule has 0 spiro atoms. The zero-order valence-electron chi connectivity index (χ0n) is 15.8. The number of aromatic nitrogens is 4. The van der Waals surface area contributed by atoms with E-state index < -0.39 is 0 Å². The van der Waals surface area contributed by atoms with Crippen LogP contribution in [0.1, 0.15) is 35.6 Å². The number of imidazole rings is 1. The van der Waals surface area contributed by atoms with E-state index in [0.29, 0.717) is 54.7 Å². The fourth-order valence-electron chi connectivity index (χ4n) is 3.60. The fraction of sp³-hybridized carbons (Fsp3) is 0.368. The number of hydrogen-bond donors (Lipinski definition) is 2. The third-order valence-corrected chi connectivity index (χ3v) is 4.82. The van der Waals surface area contributed by atoms with Gasteiger partial charge in [-0.1, -0.05) is 0 Å². The number of anilines is 1. The Labute approximate surface area is 161 Å². The first-order valence-corrected chi connectivity index (χ1v) is 9.17. The number of ether oxygens (including phenoxy) is 1. The smallest absolute Gasteiger partial charge is 0.276 e. The molecule has 0 fully saturated rings. The van der Waals surface area contributed by atoms with E-state index in [4.69, 9.17) is 17.0 Å². The maximum absolute atomic E-state index is 12.9. The van der Waals surface area contributed by atoms with Crippen molar-refractivity contribution in [2.24, 2.45) is 5.73 Å². The molecule has 0 saturated heterocycles. The largest absolute Gasteiger partial charge is 0.490 e. The van der Waals surface area contributed by atoms with Gasteiger partial charge >= 0.3 is 0 Å². The van der Waals surface area contributed by atoms with Gasteiger partial charge in [0.25, 0.3) is 5.91 Å². The zero-order chi connectivity index (χ0) is 19.8. The molecule has 4 rings (SSSR count). The molecule has 0 bridgehead atoms. The Morgan fingerprint density at radius 2 is 2.29 bits per heavy atom. The van der Waals surface area contributed by atoms with Gasteiger partial charge in [-0.05, 0) is 45.0 Å². The minimum absolute atomic E-state index is 0.0468. The zero-order valence-corrected chi connectivity index (χ0v) is 15.8. The summed E-state index contributed by atoms with van der Waals surface area (Å²) in [6.45, 7) is 12.6. The van der Waals surface area contributed by atoms with E-state index in [0.717, 1.165) is 11.2 Å². The lowest BCUT2D eigenvalue weighted by molar-refractivity contribution is 0.101. The molecule has 0 radical (unpaired) electrons. The molecule has 1 amide bonds. The lowest BCUT2D eigenvalue weighted by Crippen LogP contribution is -2.27. The van der Waals surface area contributed by atoms with E-state index in [9.17, 15) is 4.79 Å². The van der Waals surface area contributed by atoms with E-state index in [-0.39, 0.29) is 11.9 Å². The molecule has 144 valence electrons. The average molecular weight is 379 g/mol. The summed E-state index contributed by atoms with van der Waals surface area (Å²) in [6, 6.07) is 5.11. The van der Waals surface area contributed by atoms with Gasteiger partial charge in [0.15, 0.2) is 5.69 Å². The predicted molar refractivity (Wildman–Crippen MR) is 105 cm³/mol. The van der Waals surface area contributed by atoms with Crippen molar-refractivity contribution in [3.8, 4) is 5.75 Å². The molecule has 2 aromatic heterocycles. The van der Waals surface area contributed by atoms with Crippen LogP contribution in [0.15, 0.2) is 18.2 Å². The lowest BCUT2D eigenvalue weighted by Gasteiger charge is -2.27. The third-order valence-electron chi connectivity index (χ3n) is 4.82. The molecule has 3 heterocycles. The minimum atomic E-state index is -0.279.